The van der Waals surface area contributed by atoms with E-state index < -0.39 is 0 Å². The van der Waals surface area contributed by atoms with Crippen LogP contribution in [0.15, 0.2) is 48.5 Å². The van der Waals surface area contributed by atoms with Gasteiger partial charge in [-0.2, -0.15) is 0 Å². The molecule has 6 heteroatoms. The fourth-order valence-electron chi connectivity index (χ4n) is 2.91. The van der Waals surface area contributed by atoms with E-state index in [1.54, 1.807) is 28.0 Å². The van der Waals surface area contributed by atoms with Gasteiger partial charge in [0.1, 0.15) is 5.75 Å². The van der Waals surface area contributed by atoms with Crippen molar-refractivity contribution in [2.45, 2.75) is 6.92 Å². The van der Waals surface area contributed by atoms with Crippen molar-refractivity contribution in [3.63, 3.8) is 0 Å². The number of aryl methyl sites for hydroxylation is 1. The molecule has 0 radical (unpaired) electrons. The average molecular weight is 373 g/mol. The summed E-state index contributed by atoms with van der Waals surface area (Å²) in [5.41, 5.74) is 1.74. The lowest BCUT2D eigenvalue weighted by molar-refractivity contribution is -0.134. The van der Waals surface area contributed by atoms with Gasteiger partial charge in [-0.05, 0) is 31.2 Å². The largest absolute Gasteiger partial charge is 0.482 e. The molecule has 1 fully saturated rings. The minimum atomic E-state index is -0.104. The molecule has 1 saturated heterocycles. The normalized spacial score (nSPS) is 14.2. The van der Waals surface area contributed by atoms with Gasteiger partial charge < -0.3 is 14.5 Å². The van der Waals surface area contributed by atoms with Crippen molar-refractivity contribution in [2.24, 2.45) is 0 Å². The molecule has 0 aliphatic carbocycles. The quantitative estimate of drug-likeness (QED) is 0.829. The monoisotopic (exact) mass is 372 g/mol. The highest BCUT2D eigenvalue weighted by Gasteiger charge is 2.25. The van der Waals surface area contributed by atoms with Gasteiger partial charge in [-0.15, -0.1) is 0 Å². The molecule has 0 bridgehead atoms. The number of carbonyl (C=O) groups is 2. The van der Waals surface area contributed by atoms with Crippen molar-refractivity contribution in [3.8, 4) is 5.75 Å². The van der Waals surface area contributed by atoms with Crippen LogP contribution in [0.1, 0.15) is 15.9 Å². The number of para-hydroxylation sites is 1. The van der Waals surface area contributed by atoms with E-state index in [0.29, 0.717) is 42.5 Å². The van der Waals surface area contributed by atoms with Crippen LogP contribution >= 0.6 is 11.6 Å². The third-order valence-electron chi connectivity index (χ3n) is 4.37. The van der Waals surface area contributed by atoms with Crippen LogP contribution < -0.4 is 4.74 Å². The lowest BCUT2D eigenvalue weighted by Gasteiger charge is -2.34. The molecule has 0 atom stereocenters. The number of benzene rings is 2. The van der Waals surface area contributed by atoms with Crippen molar-refractivity contribution in [1.29, 1.82) is 0 Å². The molecule has 0 spiro atoms. The highest BCUT2D eigenvalue weighted by Crippen LogP contribution is 2.23. The van der Waals surface area contributed by atoms with Crippen molar-refractivity contribution < 1.29 is 14.3 Å². The zero-order valence-electron chi connectivity index (χ0n) is 14.7. The second-order valence-electron chi connectivity index (χ2n) is 6.26. The summed E-state index contributed by atoms with van der Waals surface area (Å²) in [5, 5.41) is 0.480. The van der Waals surface area contributed by atoms with E-state index in [1.807, 2.05) is 37.3 Å². The van der Waals surface area contributed by atoms with Crippen LogP contribution in [0.25, 0.3) is 0 Å². The summed E-state index contributed by atoms with van der Waals surface area (Å²) in [6.45, 7) is 3.95. The Morgan fingerprint density at radius 3 is 2.38 bits per heavy atom. The first-order valence-electron chi connectivity index (χ1n) is 8.55. The number of carbonyl (C=O) groups excluding carboxylic acids is 2. The Labute approximate surface area is 158 Å². The Kier molecular flexibility index (Phi) is 5.78. The molecule has 0 N–H and O–H groups in total. The molecule has 1 heterocycles. The second kappa shape index (κ2) is 8.23. The summed E-state index contributed by atoms with van der Waals surface area (Å²) in [6, 6.07) is 14.6. The Morgan fingerprint density at radius 2 is 1.69 bits per heavy atom. The Balaban J connectivity index is 1.51. The van der Waals surface area contributed by atoms with Crippen LogP contribution in [0.4, 0.5) is 0 Å². The van der Waals surface area contributed by atoms with Crippen LogP contribution in [0.5, 0.6) is 5.75 Å². The van der Waals surface area contributed by atoms with E-state index in [-0.39, 0.29) is 18.4 Å². The number of hydrogen-bond acceptors (Lipinski definition) is 3. The summed E-state index contributed by atoms with van der Waals surface area (Å²) in [4.78, 5) is 28.4. The fourth-order valence-corrected chi connectivity index (χ4v) is 3.10. The fraction of sp³-hybridized carbons (Fsp3) is 0.300. The number of piperazine rings is 1. The van der Waals surface area contributed by atoms with Crippen LogP contribution in [-0.2, 0) is 4.79 Å². The predicted octanol–water partition coefficient (Wildman–Crippen LogP) is 3.01. The average Bonchev–Trinajstić information content (AvgIpc) is 2.66. The van der Waals surface area contributed by atoms with Gasteiger partial charge in [0.15, 0.2) is 6.61 Å². The maximum Gasteiger partial charge on any atom is 0.260 e. The molecule has 26 heavy (non-hydrogen) atoms. The molecule has 5 nitrogen and oxygen atoms in total. The van der Waals surface area contributed by atoms with Crippen LogP contribution in [0, 0.1) is 6.92 Å². The highest BCUT2D eigenvalue weighted by molar-refractivity contribution is 6.32. The Morgan fingerprint density at radius 1 is 1.00 bits per heavy atom. The summed E-state index contributed by atoms with van der Waals surface area (Å²) in [7, 11) is 0. The molecule has 0 saturated carbocycles. The first-order valence-corrected chi connectivity index (χ1v) is 8.93. The molecule has 3 rings (SSSR count). The molecule has 2 amide bonds. The van der Waals surface area contributed by atoms with Gasteiger partial charge >= 0.3 is 0 Å². The van der Waals surface area contributed by atoms with Gasteiger partial charge in [0, 0.05) is 31.7 Å². The van der Waals surface area contributed by atoms with E-state index >= 15 is 0 Å². The molecule has 1 aliphatic heterocycles. The second-order valence-corrected chi connectivity index (χ2v) is 6.67. The number of halogens is 1. The number of rotatable bonds is 4. The van der Waals surface area contributed by atoms with Crippen LogP contribution in [-0.4, -0.2) is 54.4 Å². The van der Waals surface area contributed by atoms with E-state index in [9.17, 15) is 9.59 Å². The SMILES string of the molecule is Cc1cccc(C(=O)N2CCN(C(=O)COc3ccccc3Cl)CC2)c1. The maximum atomic E-state index is 12.6. The molecule has 136 valence electrons. The van der Waals surface area contributed by atoms with Crippen molar-refractivity contribution >= 4 is 23.4 Å². The number of ether oxygens (including phenoxy) is 1. The summed E-state index contributed by atoms with van der Waals surface area (Å²) >= 11 is 6.02. The zero-order chi connectivity index (χ0) is 18.5. The van der Waals surface area contributed by atoms with Gasteiger partial charge in [0.05, 0.1) is 5.02 Å². The first-order chi connectivity index (χ1) is 12.5. The zero-order valence-corrected chi connectivity index (χ0v) is 15.4. The third kappa shape index (κ3) is 4.35. The van der Waals surface area contributed by atoms with Gasteiger partial charge in [0.25, 0.3) is 11.8 Å². The van der Waals surface area contributed by atoms with E-state index in [2.05, 4.69) is 0 Å². The molecular weight excluding hydrogens is 352 g/mol. The number of nitrogens with zero attached hydrogens (tertiary/aromatic N) is 2. The number of amides is 2. The smallest absolute Gasteiger partial charge is 0.260 e. The van der Waals surface area contributed by atoms with Crippen LogP contribution in [0.2, 0.25) is 5.02 Å². The maximum absolute atomic E-state index is 12.6. The van der Waals surface area contributed by atoms with E-state index in [4.69, 9.17) is 16.3 Å². The van der Waals surface area contributed by atoms with E-state index in [1.165, 1.54) is 0 Å². The topological polar surface area (TPSA) is 49.9 Å². The number of hydrogen-bond donors (Lipinski definition) is 0. The summed E-state index contributed by atoms with van der Waals surface area (Å²) in [5.74, 6) is 0.400. The molecule has 1 aliphatic rings. The Bertz CT molecular complexity index is 801. The molecule has 2 aromatic rings. The van der Waals surface area contributed by atoms with Gasteiger partial charge in [0.2, 0.25) is 0 Å². The van der Waals surface area contributed by atoms with Gasteiger partial charge in [-0.3, -0.25) is 9.59 Å². The van der Waals surface area contributed by atoms with Crippen molar-refractivity contribution in [3.05, 3.63) is 64.7 Å². The lowest BCUT2D eigenvalue weighted by atomic mass is 10.1. The molecular formula is C20H21ClN2O3. The van der Waals surface area contributed by atoms with Crippen molar-refractivity contribution in [2.75, 3.05) is 32.8 Å². The third-order valence-corrected chi connectivity index (χ3v) is 4.68. The molecule has 0 aromatic heterocycles. The van der Waals surface area contributed by atoms with Crippen LogP contribution in [0.3, 0.4) is 0 Å². The van der Waals surface area contributed by atoms with Gasteiger partial charge in [-0.25, -0.2) is 0 Å². The Hall–Kier alpha value is -2.53. The van der Waals surface area contributed by atoms with E-state index in [0.717, 1.165) is 5.56 Å². The minimum absolute atomic E-state index is 0.00752. The molecule has 0 unspecified atom stereocenters. The lowest BCUT2D eigenvalue weighted by Crippen LogP contribution is -2.51. The minimum Gasteiger partial charge on any atom is -0.482 e. The molecule has 2 aromatic carbocycles. The standard InChI is InChI=1S/C20H21ClN2O3/c1-15-5-4-6-16(13-15)20(25)23-11-9-22(10-12-23)19(24)14-26-18-8-3-2-7-17(18)21/h2-8,13H,9-12,14H2,1H3. The van der Waals surface area contributed by atoms with Gasteiger partial charge in [-0.1, -0.05) is 41.4 Å². The first kappa shape index (κ1) is 18.3. The predicted molar refractivity (Wildman–Crippen MR) is 101 cm³/mol. The summed E-state index contributed by atoms with van der Waals surface area (Å²) in [6.07, 6.45) is 0. The summed E-state index contributed by atoms with van der Waals surface area (Å²) < 4.78 is 5.50. The van der Waals surface area contributed by atoms with Crippen molar-refractivity contribution in [1.82, 2.24) is 9.80 Å². The highest BCUT2D eigenvalue weighted by atomic mass is 35.5.